The first-order valence-corrected chi connectivity index (χ1v) is 21.5. The monoisotopic (exact) mass is 797 g/mol. The molecular weight excluding hydrogens is 755 g/mol. The van der Waals surface area contributed by atoms with Gasteiger partial charge in [-0.25, -0.2) is 0 Å². The van der Waals surface area contributed by atoms with E-state index in [4.69, 9.17) is 8.83 Å². The lowest BCUT2D eigenvalue weighted by Gasteiger charge is -2.26. The molecule has 0 bridgehead atoms. The molecule has 12 rings (SSSR count). The number of benzene rings is 9. The Kier molecular flexibility index (Phi) is 8.01. The van der Waals surface area contributed by atoms with E-state index in [1.54, 1.807) is 0 Å². The number of para-hydroxylation sites is 4. The highest BCUT2D eigenvalue weighted by molar-refractivity contribution is 6.10. The quantitative estimate of drug-likeness (QED) is 0.168. The Morgan fingerprint density at radius 3 is 1.50 bits per heavy atom. The first kappa shape index (κ1) is 36.2. The van der Waals surface area contributed by atoms with E-state index in [2.05, 4.69) is 196 Å². The summed E-state index contributed by atoms with van der Waals surface area (Å²) in [5.74, 6) is 0. The van der Waals surface area contributed by atoms with Gasteiger partial charge in [0.2, 0.25) is 0 Å². The minimum absolute atomic E-state index is 0.0528. The van der Waals surface area contributed by atoms with E-state index in [0.717, 1.165) is 83.2 Å². The third-order valence-corrected chi connectivity index (χ3v) is 13.2. The second-order valence-corrected chi connectivity index (χ2v) is 17.4. The van der Waals surface area contributed by atoms with Crippen LogP contribution < -0.4 is 4.90 Å². The summed E-state index contributed by atoms with van der Waals surface area (Å²) < 4.78 is 12.9. The van der Waals surface area contributed by atoms with E-state index in [0.29, 0.717) is 0 Å². The van der Waals surface area contributed by atoms with E-state index in [1.165, 1.54) is 44.5 Å². The molecule has 62 heavy (non-hydrogen) atoms. The summed E-state index contributed by atoms with van der Waals surface area (Å²) in [4.78, 5) is 2.36. The summed E-state index contributed by atoms with van der Waals surface area (Å²) in [5.41, 5.74) is 21.7. The number of hydrogen-bond acceptors (Lipinski definition) is 3. The highest BCUT2D eigenvalue weighted by Crippen LogP contribution is 2.51. The highest BCUT2D eigenvalue weighted by Gasteiger charge is 2.36. The lowest BCUT2D eigenvalue weighted by atomic mass is 9.81. The van der Waals surface area contributed by atoms with Gasteiger partial charge in [0.05, 0.1) is 0 Å². The fraction of sp³-hybridized carbons (Fsp3) is 0.0847. The van der Waals surface area contributed by atoms with Crippen LogP contribution in [0.15, 0.2) is 197 Å². The van der Waals surface area contributed by atoms with Crippen LogP contribution in [0.5, 0.6) is 0 Å². The Bertz CT molecular complexity index is 3410. The van der Waals surface area contributed by atoms with Crippen LogP contribution in [0, 0.1) is 13.8 Å². The van der Waals surface area contributed by atoms with Gasteiger partial charge in [-0.3, -0.25) is 0 Å². The number of fused-ring (bicyclic) bond motifs is 9. The summed E-state index contributed by atoms with van der Waals surface area (Å²) in [6, 6.07) is 67.9. The first-order valence-electron chi connectivity index (χ1n) is 21.5. The molecule has 9 aromatic carbocycles. The van der Waals surface area contributed by atoms with Gasteiger partial charge in [0.1, 0.15) is 22.3 Å². The maximum absolute atomic E-state index is 6.45. The first-order chi connectivity index (χ1) is 30.3. The van der Waals surface area contributed by atoms with Crippen molar-refractivity contribution in [2.24, 2.45) is 0 Å². The number of rotatable bonds is 6. The summed E-state index contributed by atoms with van der Waals surface area (Å²) in [6.07, 6.45) is 0. The van der Waals surface area contributed by atoms with Crippen LogP contribution in [0.25, 0.3) is 88.4 Å². The lowest BCUT2D eigenvalue weighted by Crippen LogP contribution is -2.15. The van der Waals surface area contributed by atoms with Gasteiger partial charge in [0.15, 0.2) is 0 Å². The molecule has 3 nitrogen and oxygen atoms in total. The van der Waals surface area contributed by atoms with Crippen molar-refractivity contribution in [3.63, 3.8) is 0 Å². The summed E-state index contributed by atoms with van der Waals surface area (Å²) in [5, 5.41) is 4.52. The van der Waals surface area contributed by atoms with Crippen molar-refractivity contribution in [1.29, 1.82) is 0 Å². The molecule has 0 saturated carbocycles. The van der Waals surface area contributed by atoms with Crippen molar-refractivity contribution >= 4 is 60.9 Å². The van der Waals surface area contributed by atoms with Crippen LogP contribution >= 0.6 is 0 Å². The van der Waals surface area contributed by atoms with Crippen molar-refractivity contribution in [2.45, 2.75) is 33.1 Å². The Labute approximate surface area is 361 Å². The fourth-order valence-corrected chi connectivity index (χ4v) is 10.2. The van der Waals surface area contributed by atoms with Crippen LogP contribution in [0.2, 0.25) is 0 Å². The van der Waals surface area contributed by atoms with E-state index in [9.17, 15) is 0 Å². The van der Waals surface area contributed by atoms with Gasteiger partial charge in [-0.15, -0.1) is 0 Å². The molecule has 0 radical (unpaired) electrons. The van der Waals surface area contributed by atoms with Gasteiger partial charge in [-0.05, 0) is 119 Å². The molecule has 0 spiro atoms. The van der Waals surface area contributed by atoms with Crippen molar-refractivity contribution in [2.75, 3.05) is 4.90 Å². The molecule has 0 saturated heterocycles. The van der Waals surface area contributed by atoms with Crippen molar-refractivity contribution < 1.29 is 8.83 Å². The third-order valence-electron chi connectivity index (χ3n) is 13.2. The van der Waals surface area contributed by atoms with Crippen LogP contribution in [0.3, 0.4) is 0 Å². The lowest BCUT2D eigenvalue weighted by molar-refractivity contribution is 0.659. The molecule has 1 aliphatic rings. The normalized spacial score (nSPS) is 13.0. The van der Waals surface area contributed by atoms with Crippen LogP contribution in [0.4, 0.5) is 17.1 Å². The SMILES string of the molecule is Cc1cc(C)c2c(c1)C(C)(C)c1ccc(-c3cccc(N(c4ccc(-c5cccc6c5oc5ccccc56)cc4)c4ccc(-c5cccc6c5oc5ccccc56)cc4)c3)cc1-2. The van der Waals surface area contributed by atoms with Crippen LogP contribution in [-0.4, -0.2) is 0 Å². The van der Waals surface area contributed by atoms with Crippen molar-refractivity contribution in [3.8, 4) is 44.5 Å². The zero-order valence-electron chi connectivity index (χ0n) is 35.2. The molecule has 2 heterocycles. The Morgan fingerprint density at radius 1 is 0.387 bits per heavy atom. The standard InChI is InChI=1S/C59H43NO2/c1-36-32-37(2)56-51-35-41(26-31-52(51)59(3,4)53(56)33-36)40-12-9-13-44(34-40)60(42-27-22-38(23-28-42)45-16-10-18-49-47-14-5-7-20-54(47)61-57(45)49)43-29-24-39(25-30-43)46-17-11-19-50-48-15-6-8-21-55(48)62-58(46)50/h5-35H,1-4H3. The molecule has 0 fully saturated rings. The molecular formula is C59H43NO2. The van der Waals surface area contributed by atoms with Gasteiger partial charge in [-0.2, -0.15) is 0 Å². The molecule has 1 aliphatic carbocycles. The predicted octanol–water partition coefficient (Wildman–Crippen LogP) is 16.9. The third kappa shape index (κ3) is 5.58. The largest absolute Gasteiger partial charge is 0.455 e. The van der Waals surface area contributed by atoms with Gasteiger partial charge in [-0.1, -0.05) is 153 Å². The van der Waals surface area contributed by atoms with E-state index in [-0.39, 0.29) is 5.41 Å². The molecule has 296 valence electrons. The Hall–Kier alpha value is -7.62. The molecule has 2 aromatic heterocycles. The average molecular weight is 798 g/mol. The summed E-state index contributed by atoms with van der Waals surface area (Å²) >= 11 is 0. The van der Waals surface area contributed by atoms with Gasteiger partial charge >= 0.3 is 0 Å². The highest BCUT2D eigenvalue weighted by atomic mass is 16.3. The molecule has 3 heteroatoms. The number of aryl methyl sites for hydroxylation is 2. The van der Waals surface area contributed by atoms with E-state index >= 15 is 0 Å². The van der Waals surface area contributed by atoms with Gasteiger partial charge in [0.25, 0.3) is 0 Å². The zero-order valence-corrected chi connectivity index (χ0v) is 35.2. The zero-order chi connectivity index (χ0) is 41.7. The van der Waals surface area contributed by atoms with E-state index in [1.807, 2.05) is 24.3 Å². The smallest absolute Gasteiger partial charge is 0.143 e. The average Bonchev–Trinajstić information content (AvgIpc) is 3.95. The van der Waals surface area contributed by atoms with Crippen molar-refractivity contribution in [1.82, 2.24) is 0 Å². The number of anilines is 3. The molecule has 0 unspecified atom stereocenters. The molecule has 11 aromatic rings. The molecule has 0 aliphatic heterocycles. The van der Waals surface area contributed by atoms with Gasteiger partial charge in [0, 0.05) is 55.1 Å². The maximum Gasteiger partial charge on any atom is 0.143 e. The predicted molar refractivity (Wildman–Crippen MR) is 259 cm³/mol. The number of hydrogen-bond donors (Lipinski definition) is 0. The summed E-state index contributed by atoms with van der Waals surface area (Å²) in [7, 11) is 0. The molecule has 0 atom stereocenters. The van der Waals surface area contributed by atoms with Crippen molar-refractivity contribution in [3.05, 3.63) is 210 Å². The number of furan rings is 2. The minimum atomic E-state index is -0.0528. The summed E-state index contributed by atoms with van der Waals surface area (Å²) in [6.45, 7) is 9.18. The second-order valence-electron chi connectivity index (χ2n) is 17.4. The van der Waals surface area contributed by atoms with Gasteiger partial charge < -0.3 is 13.7 Å². The number of nitrogens with zero attached hydrogens (tertiary/aromatic N) is 1. The van der Waals surface area contributed by atoms with Crippen LogP contribution in [0.1, 0.15) is 36.1 Å². The molecule has 0 amide bonds. The Balaban J connectivity index is 0.972. The second kappa shape index (κ2) is 13.7. The van der Waals surface area contributed by atoms with E-state index < -0.39 is 0 Å². The molecule has 0 N–H and O–H groups in total. The maximum atomic E-state index is 6.45. The Morgan fingerprint density at radius 2 is 0.903 bits per heavy atom. The topological polar surface area (TPSA) is 29.5 Å². The fourth-order valence-electron chi connectivity index (χ4n) is 10.2. The minimum Gasteiger partial charge on any atom is -0.455 e. The van der Waals surface area contributed by atoms with Crippen LogP contribution in [-0.2, 0) is 5.41 Å².